The van der Waals surface area contributed by atoms with E-state index < -0.39 is 10.0 Å². The minimum Gasteiger partial charge on any atom is -0.493 e. The van der Waals surface area contributed by atoms with Crippen LogP contribution in [0.15, 0.2) is 47.4 Å². The van der Waals surface area contributed by atoms with E-state index in [2.05, 4.69) is 5.32 Å². The van der Waals surface area contributed by atoms with E-state index in [4.69, 9.17) is 9.47 Å². The van der Waals surface area contributed by atoms with Crippen LogP contribution in [0.1, 0.15) is 17.5 Å². The molecule has 0 spiro atoms. The van der Waals surface area contributed by atoms with Crippen LogP contribution in [0.4, 0.5) is 5.69 Å². The summed E-state index contributed by atoms with van der Waals surface area (Å²) in [7, 11) is -3.54. The summed E-state index contributed by atoms with van der Waals surface area (Å²) in [5, 5.41) is 2.76. The fourth-order valence-corrected chi connectivity index (χ4v) is 4.49. The van der Waals surface area contributed by atoms with Gasteiger partial charge in [-0.15, -0.1) is 0 Å². The van der Waals surface area contributed by atoms with Crippen molar-refractivity contribution < 1.29 is 22.7 Å². The number of hydrogen-bond donors (Lipinski definition) is 1. The first-order valence-corrected chi connectivity index (χ1v) is 11.0. The highest BCUT2D eigenvalue weighted by molar-refractivity contribution is 7.89. The van der Waals surface area contributed by atoms with Crippen LogP contribution in [0.3, 0.4) is 0 Å². The van der Waals surface area contributed by atoms with Crippen LogP contribution in [0.25, 0.3) is 0 Å². The molecule has 0 bridgehead atoms. The highest BCUT2D eigenvalue weighted by atomic mass is 32.2. The summed E-state index contributed by atoms with van der Waals surface area (Å²) in [6, 6.07) is 12.1. The zero-order valence-corrected chi connectivity index (χ0v) is 17.5. The van der Waals surface area contributed by atoms with Crippen molar-refractivity contribution in [2.75, 3.05) is 38.2 Å². The SMILES string of the molecule is Cc1ccc(OCCC(=O)Nc2ccc(S(=O)(=O)N3CCOCC3)cc2)c(C)c1. The van der Waals surface area contributed by atoms with Crippen molar-refractivity contribution in [2.24, 2.45) is 0 Å². The molecule has 0 unspecified atom stereocenters. The average molecular weight is 419 g/mol. The number of anilines is 1. The monoisotopic (exact) mass is 418 g/mol. The van der Waals surface area contributed by atoms with Gasteiger partial charge in [-0.25, -0.2) is 8.42 Å². The Bertz CT molecular complexity index is 952. The van der Waals surface area contributed by atoms with Crippen LogP contribution in [0.5, 0.6) is 5.75 Å². The molecule has 2 aromatic rings. The first kappa shape index (κ1) is 21.3. The van der Waals surface area contributed by atoms with Crippen LogP contribution in [-0.4, -0.2) is 51.5 Å². The lowest BCUT2D eigenvalue weighted by Gasteiger charge is -2.26. The smallest absolute Gasteiger partial charge is 0.243 e. The number of nitrogens with zero attached hydrogens (tertiary/aromatic N) is 1. The van der Waals surface area contributed by atoms with Crippen molar-refractivity contribution in [1.82, 2.24) is 4.31 Å². The summed E-state index contributed by atoms with van der Waals surface area (Å²) < 4.78 is 37.5. The largest absolute Gasteiger partial charge is 0.493 e. The highest BCUT2D eigenvalue weighted by Crippen LogP contribution is 2.20. The predicted octanol–water partition coefficient (Wildman–Crippen LogP) is 2.73. The zero-order valence-electron chi connectivity index (χ0n) is 16.7. The van der Waals surface area contributed by atoms with Gasteiger partial charge in [0, 0.05) is 18.8 Å². The van der Waals surface area contributed by atoms with Gasteiger partial charge in [-0.2, -0.15) is 4.31 Å². The Kier molecular flexibility index (Phi) is 6.89. The molecule has 0 aromatic heterocycles. The summed E-state index contributed by atoms with van der Waals surface area (Å²) in [6.07, 6.45) is 0.196. The Labute approximate surface area is 171 Å². The topological polar surface area (TPSA) is 84.9 Å². The van der Waals surface area contributed by atoms with Crippen LogP contribution in [-0.2, 0) is 19.6 Å². The number of ether oxygens (including phenoxy) is 2. The number of nitrogens with one attached hydrogen (secondary N) is 1. The Balaban J connectivity index is 1.52. The second-order valence-electron chi connectivity index (χ2n) is 6.96. The molecule has 1 aliphatic heterocycles. The van der Waals surface area contributed by atoms with Crippen LogP contribution >= 0.6 is 0 Å². The van der Waals surface area contributed by atoms with E-state index >= 15 is 0 Å². The molecular formula is C21H26N2O5S. The lowest BCUT2D eigenvalue weighted by atomic mass is 10.1. The summed E-state index contributed by atoms with van der Waals surface area (Å²) in [5.74, 6) is 0.569. The van der Waals surface area contributed by atoms with E-state index in [0.29, 0.717) is 32.0 Å². The van der Waals surface area contributed by atoms with Gasteiger partial charge in [-0.1, -0.05) is 17.7 Å². The number of aryl methyl sites for hydroxylation is 2. The lowest BCUT2D eigenvalue weighted by Crippen LogP contribution is -2.40. The second kappa shape index (κ2) is 9.39. The number of hydrogen-bond acceptors (Lipinski definition) is 5. The van der Waals surface area contributed by atoms with Gasteiger partial charge in [0.2, 0.25) is 15.9 Å². The van der Waals surface area contributed by atoms with E-state index in [0.717, 1.165) is 16.9 Å². The summed E-state index contributed by atoms with van der Waals surface area (Å²) >= 11 is 0. The molecule has 156 valence electrons. The number of carbonyl (C=O) groups is 1. The molecule has 2 aromatic carbocycles. The van der Waals surface area contributed by atoms with Gasteiger partial charge < -0.3 is 14.8 Å². The zero-order chi connectivity index (χ0) is 20.9. The minimum absolute atomic E-state index is 0.196. The quantitative estimate of drug-likeness (QED) is 0.747. The van der Waals surface area contributed by atoms with E-state index in [1.165, 1.54) is 16.4 Å². The van der Waals surface area contributed by atoms with Crippen molar-refractivity contribution in [3.05, 3.63) is 53.6 Å². The molecule has 1 aliphatic rings. The highest BCUT2D eigenvalue weighted by Gasteiger charge is 2.26. The van der Waals surface area contributed by atoms with Gasteiger partial charge >= 0.3 is 0 Å². The standard InChI is InChI=1S/C21H26N2O5S/c1-16-3-8-20(17(2)15-16)28-12-9-21(24)22-18-4-6-19(7-5-18)29(25,26)23-10-13-27-14-11-23/h3-8,15H,9-14H2,1-2H3,(H,22,24). The number of carbonyl (C=O) groups excluding carboxylic acids is 1. The number of rotatable bonds is 7. The molecule has 0 aliphatic carbocycles. The Morgan fingerprint density at radius 2 is 1.79 bits per heavy atom. The van der Waals surface area contributed by atoms with Gasteiger partial charge in [-0.3, -0.25) is 4.79 Å². The number of benzene rings is 2. The van der Waals surface area contributed by atoms with E-state index in [1.54, 1.807) is 12.1 Å². The first-order chi connectivity index (χ1) is 13.9. The third-order valence-corrected chi connectivity index (χ3v) is 6.58. The van der Waals surface area contributed by atoms with Crippen molar-refractivity contribution in [2.45, 2.75) is 25.2 Å². The molecule has 0 radical (unpaired) electrons. The fourth-order valence-electron chi connectivity index (χ4n) is 3.08. The molecule has 7 nitrogen and oxygen atoms in total. The van der Waals surface area contributed by atoms with Crippen molar-refractivity contribution in [3.8, 4) is 5.75 Å². The molecule has 0 atom stereocenters. The van der Waals surface area contributed by atoms with Crippen LogP contribution in [0.2, 0.25) is 0 Å². The van der Waals surface area contributed by atoms with Crippen molar-refractivity contribution >= 4 is 21.6 Å². The maximum Gasteiger partial charge on any atom is 0.243 e. The van der Waals surface area contributed by atoms with Gasteiger partial charge in [0.05, 0.1) is 31.1 Å². The summed E-state index contributed by atoms with van der Waals surface area (Å²) in [4.78, 5) is 12.3. The fraction of sp³-hybridized carbons (Fsp3) is 0.381. The normalized spacial score (nSPS) is 15.1. The molecule has 1 saturated heterocycles. The molecule has 1 heterocycles. The molecular weight excluding hydrogens is 392 g/mol. The molecule has 1 amide bonds. The average Bonchev–Trinajstić information content (AvgIpc) is 2.71. The number of morpholine rings is 1. The molecule has 8 heteroatoms. The Morgan fingerprint density at radius 1 is 1.10 bits per heavy atom. The maximum absolute atomic E-state index is 12.6. The second-order valence-corrected chi connectivity index (χ2v) is 8.89. The number of sulfonamides is 1. The predicted molar refractivity (Wildman–Crippen MR) is 111 cm³/mol. The van der Waals surface area contributed by atoms with Crippen molar-refractivity contribution in [3.63, 3.8) is 0 Å². The molecule has 1 N–H and O–H groups in total. The van der Waals surface area contributed by atoms with E-state index in [1.807, 2.05) is 32.0 Å². The van der Waals surface area contributed by atoms with Crippen LogP contribution < -0.4 is 10.1 Å². The van der Waals surface area contributed by atoms with Gasteiger partial charge in [0.1, 0.15) is 5.75 Å². The Morgan fingerprint density at radius 3 is 2.45 bits per heavy atom. The van der Waals surface area contributed by atoms with Crippen molar-refractivity contribution in [1.29, 1.82) is 0 Å². The molecule has 29 heavy (non-hydrogen) atoms. The summed E-state index contributed by atoms with van der Waals surface area (Å²) in [5.41, 5.74) is 2.73. The molecule has 1 fully saturated rings. The van der Waals surface area contributed by atoms with Gasteiger partial charge in [-0.05, 0) is 49.7 Å². The first-order valence-electron chi connectivity index (χ1n) is 9.54. The minimum atomic E-state index is -3.54. The molecule has 0 saturated carbocycles. The van der Waals surface area contributed by atoms with Gasteiger partial charge in [0.15, 0.2) is 0 Å². The summed E-state index contributed by atoms with van der Waals surface area (Å²) in [6.45, 7) is 5.74. The third kappa shape index (κ3) is 5.56. The maximum atomic E-state index is 12.6. The van der Waals surface area contributed by atoms with E-state index in [-0.39, 0.29) is 23.8 Å². The lowest BCUT2D eigenvalue weighted by molar-refractivity contribution is -0.116. The number of amides is 1. The van der Waals surface area contributed by atoms with Crippen LogP contribution in [0, 0.1) is 13.8 Å². The third-order valence-electron chi connectivity index (χ3n) is 4.66. The van der Waals surface area contributed by atoms with Gasteiger partial charge in [0.25, 0.3) is 0 Å². The molecule has 3 rings (SSSR count). The Hall–Kier alpha value is -2.42. The van der Waals surface area contributed by atoms with E-state index in [9.17, 15) is 13.2 Å².